The number of hydrogen-bond donors (Lipinski definition) is 2. The van der Waals surface area contributed by atoms with Gasteiger partial charge >= 0.3 is 0 Å². The normalized spacial score (nSPS) is 11.1. The van der Waals surface area contributed by atoms with Gasteiger partial charge in [-0.25, -0.2) is 8.42 Å². The van der Waals surface area contributed by atoms with Gasteiger partial charge in [0, 0.05) is 61.0 Å². The van der Waals surface area contributed by atoms with E-state index in [2.05, 4.69) is 20.4 Å². The smallest absolute Gasteiger partial charge is 0.269 e. The Morgan fingerprint density at radius 2 is 1.78 bits per heavy atom. The molecule has 3 aromatic rings. The SMILES string of the molecule is CCNc1cc(Oc2cc(N(CC)CCC[SH](=O)=O)ccc2/N=N/c2ccc([N+](=O)[O-])cc2)ccc1C. The van der Waals surface area contributed by atoms with Crippen molar-refractivity contribution in [3.8, 4) is 11.5 Å². The van der Waals surface area contributed by atoms with Crippen LogP contribution in [0.4, 0.5) is 28.4 Å². The van der Waals surface area contributed by atoms with Gasteiger partial charge in [0.25, 0.3) is 5.69 Å². The van der Waals surface area contributed by atoms with Crippen LogP contribution in [0.5, 0.6) is 11.5 Å². The molecule has 0 unspecified atom stereocenters. The molecule has 3 rings (SSSR count). The number of aryl methyl sites for hydroxylation is 1. The fourth-order valence-electron chi connectivity index (χ4n) is 3.65. The number of nitro benzene ring substituents is 1. The van der Waals surface area contributed by atoms with E-state index in [1.54, 1.807) is 6.07 Å². The molecule has 1 N–H and O–H groups in total. The second kappa shape index (κ2) is 13.4. The minimum Gasteiger partial charge on any atom is -0.455 e. The van der Waals surface area contributed by atoms with Crippen LogP contribution in [0.15, 0.2) is 70.9 Å². The summed E-state index contributed by atoms with van der Waals surface area (Å²) in [6.07, 6.45) is 0.522. The van der Waals surface area contributed by atoms with Crippen LogP contribution in [-0.4, -0.2) is 38.7 Å². The fourth-order valence-corrected chi connectivity index (χ4v) is 4.05. The first-order chi connectivity index (χ1) is 17.8. The van der Waals surface area contributed by atoms with Gasteiger partial charge in [-0.3, -0.25) is 10.1 Å². The lowest BCUT2D eigenvalue weighted by molar-refractivity contribution is -0.384. The predicted octanol–water partition coefficient (Wildman–Crippen LogP) is 6.37. The molecule has 0 saturated heterocycles. The molecule has 37 heavy (non-hydrogen) atoms. The van der Waals surface area contributed by atoms with E-state index in [-0.39, 0.29) is 11.4 Å². The molecule has 0 aliphatic heterocycles. The average molecular weight is 526 g/mol. The summed E-state index contributed by atoms with van der Waals surface area (Å²) in [4.78, 5) is 12.5. The van der Waals surface area contributed by atoms with E-state index in [0.29, 0.717) is 42.4 Å². The quantitative estimate of drug-likeness (QED) is 0.115. The zero-order valence-electron chi connectivity index (χ0n) is 21.1. The molecular formula is C26H31N5O5S. The third-order valence-electron chi connectivity index (χ3n) is 5.60. The van der Waals surface area contributed by atoms with E-state index >= 15 is 0 Å². The van der Waals surface area contributed by atoms with Crippen LogP contribution in [0.2, 0.25) is 0 Å². The lowest BCUT2D eigenvalue weighted by Gasteiger charge is -2.23. The number of anilines is 2. The maximum atomic E-state index is 11.0. The molecule has 196 valence electrons. The van der Waals surface area contributed by atoms with Gasteiger partial charge in [0.2, 0.25) is 0 Å². The Morgan fingerprint density at radius 3 is 2.43 bits per heavy atom. The standard InChI is InChI=1S/C26H31N5O5S/c1-4-27-25-18-23(13-7-19(25)3)36-26-17-22(30(5-2)15-6-16-37(34)35)12-14-24(26)29-28-20-8-10-21(11-9-20)31(32)33/h7-14,17-18,27,37H,4-6,15-16H2,1-3H3/b29-28+. The largest absolute Gasteiger partial charge is 0.455 e. The average Bonchev–Trinajstić information content (AvgIpc) is 2.88. The first kappa shape index (κ1) is 27.6. The van der Waals surface area contributed by atoms with Gasteiger partial charge in [-0.05, 0) is 63.1 Å². The zero-order chi connectivity index (χ0) is 26.8. The van der Waals surface area contributed by atoms with Crippen molar-refractivity contribution in [3.63, 3.8) is 0 Å². The van der Waals surface area contributed by atoms with E-state index in [0.717, 1.165) is 23.5 Å². The van der Waals surface area contributed by atoms with Crippen LogP contribution in [0, 0.1) is 17.0 Å². The predicted molar refractivity (Wildman–Crippen MR) is 147 cm³/mol. The van der Waals surface area contributed by atoms with Gasteiger partial charge in [0.1, 0.15) is 22.1 Å². The molecule has 0 aliphatic rings. The Kier molecular flexibility index (Phi) is 9.96. The van der Waals surface area contributed by atoms with Crippen molar-refractivity contribution in [2.45, 2.75) is 27.2 Å². The van der Waals surface area contributed by atoms with Gasteiger partial charge in [0.05, 0.1) is 10.6 Å². The van der Waals surface area contributed by atoms with E-state index in [1.165, 1.54) is 24.3 Å². The lowest BCUT2D eigenvalue weighted by atomic mass is 10.2. The highest BCUT2D eigenvalue weighted by molar-refractivity contribution is 7.72. The van der Waals surface area contributed by atoms with Gasteiger partial charge in [0.15, 0.2) is 5.75 Å². The highest BCUT2D eigenvalue weighted by Gasteiger charge is 2.12. The minimum absolute atomic E-state index is 0.0237. The Balaban J connectivity index is 1.94. The van der Waals surface area contributed by atoms with Crippen molar-refractivity contribution in [1.82, 2.24) is 0 Å². The maximum Gasteiger partial charge on any atom is 0.269 e. The number of nitrogens with zero attached hydrogens (tertiary/aromatic N) is 4. The van der Waals surface area contributed by atoms with Gasteiger partial charge in [-0.1, -0.05) is 6.07 Å². The minimum atomic E-state index is -2.41. The van der Waals surface area contributed by atoms with E-state index < -0.39 is 15.6 Å². The monoisotopic (exact) mass is 525 g/mol. The van der Waals surface area contributed by atoms with E-state index in [4.69, 9.17) is 4.74 Å². The molecule has 3 aromatic carbocycles. The summed E-state index contributed by atoms with van der Waals surface area (Å²) in [5, 5.41) is 22.8. The van der Waals surface area contributed by atoms with Crippen molar-refractivity contribution in [2.75, 3.05) is 35.6 Å². The number of nitrogens with one attached hydrogen (secondary N) is 1. The zero-order valence-corrected chi connectivity index (χ0v) is 22.0. The summed E-state index contributed by atoms with van der Waals surface area (Å²) in [6, 6.07) is 17.1. The van der Waals surface area contributed by atoms with Gasteiger partial charge in [-0.15, -0.1) is 5.11 Å². The number of ether oxygens (including phenoxy) is 1. The van der Waals surface area contributed by atoms with Gasteiger partial charge < -0.3 is 15.0 Å². The highest BCUT2D eigenvalue weighted by Crippen LogP contribution is 2.37. The Morgan fingerprint density at radius 1 is 1.03 bits per heavy atom. The van der Waals surface area contributed by atoms with Crippen LogP contribution in [-0.2, 0) is 10.7 Å². The molecule has 0 aromatic heterocycles. The van der Waals surface area contributed by atoms with Crippen molar-refractivity contribution < 1.29 is 18.1 Å². The first-order valence-corrected chi connectivity index (χ1v) is 13.4. The third kappa shape index (κ3) is 8.01. The number of thiol groups is 1. The third-order valence-corrected chi connectivity index (χ3v) is 6.28. The summed E-state index contributed by atoms with van der Waals surface area (Å²) in [7, 11) is -2.41. The number of hydrogen-bond acceptors (Lipinski definition) is 9. The molecule has 0 amide bonds. The van der Waals surface area contributed by atoms with Crippen molar-refractivity contribution in [2.24, 2.45) is 10.2 Å². The Bertz CT molecular complexity index is 1320. The van der Waals surface area contributed by atoms with Crippen LogP contribution in [0.1, 0.15) is 25.8 Å². The Labute approximate surface area is 218 Å². The second-order valence-electron chi connectivity index (χ2n) is 8.22. The molecule has 0 spiro atoms. The molecular weight excluding hydrogens is 494 g/mol. The summed E-state index contributed by atoms with van der Waals surface area (Å²) in [5.41, 5.74) is 3.84. The number of non-ortho nitro benzene ring substituents is 1. The summed E-state index contributed by atoms with van der Waals surface area (Å²) < 4.78 is 28.2. The number of benzene rings is 3. The first-order valence-electron chi connectivity index (χ1n) is 12.0. The molecule has 0 radical (unpaired) electrons. The highest BCUT2D eigenvalue weighted by atomic mass is 32.2. The molecule has 11 heteroatoms. The summed E-state index contributed by atoms with van der Waals surface area (Å²) in [5.74, 6) is 1.23. The molecule has 0 bridgehead atoms. The molecule has 0 saturated carbocycles. The van der Waals surface area contributed by atoms with Crippen molar-refractivity contribution >= 4 is 39.1 Å². The van der Waals surface area contributed by atoms with Crippen LogP contribution >= 0.6 is 0 Å². The number of azo groups is 1. The van der Waals surface area contributed by atoms with Crippen LogP contribution < -0.4 is 15.0 Å². The molecule has 0 heterocycles. The van der Waals surface area contributed by atoms with Crippen molar-refractivity contribution in [3.05, 3.63) is 76.3 Å². The lowest BCUT2D eigenvalue weighted by Crippen LogP contribution is -2.24. The maximum absolute atomic E-state index is 11.0. The van der Waals surface area contributed by atoms with E-state index in [9.17, 15) is 18.5 Å². The second-order valence-corrected chi connectivity index (χ2v) is 9.34. The summed E-state index contributed by atoms with van der Waals surface area (Å²) in [6.45, 7) is 8.08. The molecule has 10 nitrogen and oxygen atoms in total. The number of nitro groups is 1. The topological polar surface area (TPSA) is 126 Å². The van der Waals surface area contributed by atoms with Crippen LogP contribution in [0.3, 0.4) is 0 Å². The van der Waals surface area contributed by atoms with Crippen LogP contribution in [0.25, 0.3) is 0 Å². The Hall–Kier alpha value is -3.99. The van der Waals surface area contributed by atoms with Crippen molar-refractivity contribution in [1.29, 1.82) is 0 Å². The summed E-state index contributed by atoms with van der Waals surface area (Å²) >= 11 is 0. The molecule has 0 fully saturated rings. The molecule has 0 aliphatic carbocycles. The van der Waals surface area contributed by atoms with Gasteiger partial charge in [-0.2, -0.15) is 5.11 Å². The fraction of sp³-hybridized carbons (Fsp3) is 0.308. The molecule has 0 atom stereocenters. The number of rotatable bonds is 13. The van der Waals surface area contributed by atoms with E-state index in [1.807, 2.05) is 51.1 Å².